The van der Waals surface area contributed by atoms with Crippen LogP contribution in [0.25, 0.3) is 0 Å². The molecule has 2 bridgehead atoms. The first-order valence-electron chi connectivity index (χ1n) is 8.57. The molecule has 2 unspecified atom stereocenters. The molecule has 118 valence electrons. The number of nitrogens with zero attached hydrogens (tertiary/aromatic N) is 1. The average Bonchev–Trinajstić information content (AvgIpc) is 2.79. The van der Waals surface area contributed by atoms with Crippen molar-refractivity contribution in [1.82, 2.24) is 10.7 Å². The number of carbonyl (C=O) groups excluding carboxylic acids is 1. The second kappa shape index (κ2) is 5.29. The molecule has 0 aromatic carbocycles. The van der Waals surface area contributed by atoms with E-state index in [-0.39, 0.29) is 11.4 Å². The highest BCUT2D eigenvalue weighted by Gasteiger charge is 2.60. The van der Waals surface area contributed by atoms with Gasteiger partial charge in [0.15, 0.2) is 0 Å². The molecular formula is C17H29N3O. The zero-order chi connectivity index (χ0) is 15.1. The van der Waals surface area contributed by atoms with Crippen molar-refractivity contribution >= 4 is 11.7 Å². The number of nitrogens with one attached hydrogen (secondary N) is 2. The van der Waals surface area contributed by atoms with Crippen LogP contribution in [-0.4, -0.2) is 17.8 Å². The molecule has 2 atom stereocenters. The lowest BCUT2D eigenvalue weighted by atomic mass is 9.70. The van der Waals surface area contributed by atoms with Crippen molar-refractivity contribution in [2.24, 2.45) is 21.8 Å². The second-order valence-corrected chi connectivity index (χ2v) is 7.97. The van der Waals surface area contributed by atoms with Gasteiger partial charge >= 0.3 is 6.03 Å². The van der Waals surface area contributed by atoms with Gasteiger partial charge in [0.05, 0.1) is 0 Å². The number of hydrazone groups is 1. The predicted octanol–water partition coefficient (Wildman–Crippen LogP) is 3.82. The maximum Gasteiger partial charge on any atom is 0.335 e. The first-order chi connectivity index (χ1) is 9.93. The van der Waals surface area contributed by atoms with Crippen molar-refractivity contribution in [3.05, 3.63) is 0 Å². The van der Waals surface area contributed by atoms with E-state index in [1.54, 1.807) is 0 Å². The van der Waals surface area contributed by atoms with E-state index >= 15 is 0 Å². The summed E-state index contributed by atoms with van der Waals surface area (Å²) in [5.41, 5.74) is 4.43. The molecule has 3 fully saturated rings. The standard InChI is InChI=1S/C17H29N3O/c1-16(2)12-9-10-17(16,3)14(11-12)19-20-15(21)18-13-7-5-4-6-8-13/h12-13H,4-11H2,1-3H3,(H2,18,20,21)/b19-14-. The Morgan fingerprint density at radius 2 is 1.86 bits per heavy atom. The normalized spacial score (nSPS) is 36.9. The van der Waals surface area contributed by atoms with Crippen LogP contribution < -0.4 is 10.7 Å². The Morgan fingerprint density at radius 3 is 2.43 bits per heavy atom. The van der Waals surface area contributed by atoms with Crippen molar-refractivity contribution in [3.63, 3.8) is 0 Å². The quantitative estimate of drug-likeness (QED) is 0.747. The minimum atomic E-state index is -0.126. The van der Waals surface area contributed by atoms with Crippen molar-refractivity contribution in [3.8, 4) is 0 Å². The van der Waals surface area contributed by atoms with Gasteiger partial charge in [0.1, 0.15) is 0 Å². The fourth-order valence-electron chi connectivity index (χ4n) is 4.68. The van der Waals surface area contributed by atoms with Crippen molar-refractivity contribution in [1.29, 1.82) is 0 Å². The molecule has 4 nitrogen and oxygen atoms in total. The molecule has 4 heteroatoms. The van der Waals surface area contributed by atoms with Gasteiger partial charge in [-0.05, 0) is 43.4 Å². The van der Waals surface area contributed by atoms with Gasteiger partial charge in [-0.25, -0.2) is 10.2 Å². The lowest BCUT2D eigenvalue weighted by Gasteiger charge is -2.34. The van der Waals surface area contributed by atoms with E-state index in [0.29, 0.717) is 11.5 Å². The molecule has 2 amide bonds. The predicted molar refractivity (Wildman–Crippen MR) is 85.2 cm³/mol. The zero-order valence-corrected chi connectivity index (χ0v) is 13.7. The molecule has 0 heterocycles. The van der Waals surface area contributed by atoms with E-state index in [2.05, 4.69) is 36.6 Å². The van der Waals surface area contributed by atoms with E-state index < -0.39 is 0 Å². The van der Waals surface area contributed by atoms with Crippen molar-refractivity contribution in [2.45, 2.75) is 78.2 Å². The van der Waals surface area contributed by atoms with Crippen LogP contribution >= 0.6 is 0 Å². The summed E-state index contributed by atoms with van der Waals surface area (Å²) in [4.78, 5) is 12.0. The lowest BCUT2D eigenvalue weighted by molar-refractivity contribution is 0.193. The summed E-state index contributed by atoms with van der Waals surface area (Å²) < 4.78 is 0. The smallest absolute Gasteiger partial charge is 0.334 e. The van der Waals surface area contributed by atoms with Crippen LogP contribution in [0.15, 0.2) is 5.10 Å². The molecule has 0 saturated heterocycles. The highest BCUT2D eigenvalue weighted by Crippen LogP contribution is 2.63. The molecule has 0 radical (unpaired) electrons. The third-order valence-corrected chi connectivity index (χ3v) is 6.75. The van der Waals surface area contributed by atoms with Gasteiger partial charge in [0.2, 0.25) is 0 Å². The van der Waals surface area contributed by atoms with Gasteiger partial charge in [-0.15, -0.1) is 0 Å². The average molecular weight is 291 g/mol. The Balaban J connectivity index is 1.58. The van der Waals surface area contributed by atoms with Crippen LogP contribution in [0.2, 0.25) is 0 Å². The second-order valence-electron chi connectivity index (χ2n) is 7.97. The summed E-state index contributed by atoms with van der Waals surface area (Å²) in [7, 11) is 0. The third-order valence-electron chi connectivity index (χ3n) is 6.75. The first kappa shape index (κ1) is 14.9. The minimum absolute atomic E-state index is 0.126. The molecule has 21 heavy (non-hydrogen) atoms. The van der Waals surface area contributed by atoms with Crippen LogP contribution in [0.5, 0.6) is 0 Å². The topological polar surface area (TPSA) is 53.5 Å². The molecule has 0 aliphatic heterocycles. The van der Waals surface area contributed by atoms with Crippen LogP contribution in [-0.2, 0) is 0 Å². The summed E-state index contributed by atoms with van der Waals surface area (Å²) in [5.74, 6) is 0.726. The van der Waals surface area contributed by atoms with Crippen molar-refractivity contribution in [2.75, 3.05) is 0 Å². The Labute approximate surface area is 128 Å². The zero-order valence-electron chi connectivity index (χ0n) is 13.7. The van der Waals surface area contributed by atoms with Crippen LogP contribution in [0.3, 0.4) is 0 Å². The van der Waals surface area contributed by atoms with Crippen LogP contribution in [0, 0.1) is 16.7 Å². The van der Waals surface area contributed by atoms with E-state index in [9.17, 15) is 4.79 Å². The van der Waals surface area contributed by atoms with Crippen molar-refractivity contribution < 1.29 is 4.79 Å². The molecule has 0 spiro atoms. The number of hydrogen-bond acceptors (Lipinski definition) is 2. The van der Waals surface area contributed by atoms with Gasteiger partial charge in [0.25, 0.3) is 0 Å². The van der Waals surface area contributed by atoms with Gasteiger partial charge < -0.3 is 5.32 Å². The summed E-state index contributed by atoms with van der Waals surface area (Å²) in [6.07, 6.45) is 9.53. The largest absolute Gasteiger partial charge is 0.335 e. The number of carbonyl (C=O) groups is 1. The Kier molecular flexibility index (Phi) is 3.74. The Hall–Kier alpha value is -1.06. The molecular weight excluding hydrogens is 262 g/mol. The van der Waals surface area contributed by atoms with E-state index in [0.717, 1.165) is 25.2 Å². The van der Waals surface area contributed by atoms with E-state index in [4.69, 9.17) is 0 Å². The minimum Gasteiger partial charge on any atom is -0.334 e. The van der Waals surface area contributed by atoms with Gasteiger partial charge in [0, 0.05) is 17.2 Å². The van der Waals surface area contributed by atoms with Crippen LogP contribution in [0.4, 0.5) is 4.79 Å². The fraction of sp³-hybridized carbons (Fsp3) is 0.882. The number of rotatable bonds is 2. The van der Waals surface area contributed by atoms with Gasteiger partial charge in [-0.1, -0.05) is 40.0 Å². The summed E-state index contributed by atoms with van der Waals surface area (Å²) in [6.45, 7) is 7.03. The molecule has 0 aromatic rings. The maximum atomic E-state index is 12.0. The fourth-order valence-corrected chi connectivity index (χ4v) is 4.68. The lowest BCUT2D eigenvalue weighted by Crippen LogP contribution is -2.42. The molecule has 0 aromatic heterocycles. The monoisotopic (exact) mass is 291 g/mol. The van der Waals surface area contributed by atoms with Crippen LogP contribution in [0.1, 0.15) is 72.1 Å². The number of urea groups is 1. The van der Waals surface area contributed by atoms with Gasteiger partial charge in [-0.3, -0.25) is 0 Å². The summed E-state index contributed by atoms with van der Waals surface area (Å²) in [5, 5.41) is 7.56. The van der Waals surface area contributed by atoms with Gasteiger partial charge in [-0.2, -0.15) is 5.10 Å². The van der Waals surface area contributed by atoms with E-state index in [1.165, 1.54) is 37.8 Å². The Bertz CT molecular complexity index is 451. The van der Waals surface area contributed by atoms with E-state index in [1.807, 2.05) is 0 Å². The third kappa shape index (κ3) is 2.47. The first-order valence-corrected chi connectivity index (χ1v) is 8.57. The number of amides is 2. The molecule has 3 aliphatic carbocycles. The molecule has 3 saturated carbocycles. The molecule has 2 N–H and O–H groups in total. The SMILES string of the molecule is CC12CCC(C/C1=N/NC(=O)NC1CCCCC1)C2(C)C. The number of fused-ring (bicyclic) bond motifs is 2. The summed E-state index contributed by atoms with van der Waals surface area (Å²) in [6, 6.07) is 0.213. The molecule has 3 rings (SSSR count). The summed E-state index contributed by atoms with van der Waals surface area (Å²) >= 11 is 0. The number of hydrogen-bond donors (Lipinski definition) is 2. The highest BCUT2D eigenvalue weighted by atomic mass is 16.2. The Morgan fingerprint density at radius 1 is 1.14 bits per heavy atom. The maximum absolute atomic E-state index is 12.0. The molecule has 3 aliphatic rings. The highest BCUT2D eigenvalue weighted by molar-refractivity contribution is 5.95.